The average molecular weight is 482 g/mol. The van der Waals surface area contributed by atoms with Crippen molar-refractivity contribution in [3.8, 4) is 28.3 Å². The number of oxazole rings is 1. The Morgan fingerprint density at radius 1 is 0.730 bits per heavy atom. The van der Waals surface area contributed by atoms with Crippen LogP contribution < -0.4 is 0 Å². The van der Waals surface area contributed by atoms with Crippen molar-refractivity contribution in [3.05, 3.63) is 125 Å². The normalized spacial score (nSPS) is 11.5. The quantitative estimate of drug-likeness (QED) is 0.188. The molecule has 0 N–H and O–H groups in total. The predicted molar refractivity (Wildman–Crippen MR) is 146 cm³/mol. The van der Waals surface area contributed by atoms with Crippen LogP contribution in [0.25, 0.3) is 61.2 Å². The van der Waals surface area contributed by atoms with Gasteiger partial charge in [0.05, 0.1) is 21.5 Å². The first-order valence-corrected chi connectivity index (χ1v) is 11.9. The molecule has 7 rings (SSSR count). The van der Waals surface area contributed by atoms with Crippen molar-refractivity contribution in [3.63, 3.8) is 0 Å². The molecular weight excluding hydrogens is 462 g/mol. The van der Waals surface area contributed by atoms with Crippen molar-refractivity contribution in [2.75, 3.05) is 0 Å². The number of nitro groups is 1. The molecule has 0 unspecified atom stereocenters. The summed E-state index contributed by atoms with van der Waals surface area (Å²) in [4.78, 5) is 16.2. The molecule has 6 nitrogen and oxygen atoms in total. The molecule has 0 bridgehead atoms. The summed E-state index contributed by atoms with van der Waals surface area (Å²) < 4.78 is 8.56. The summed E-state index contributed by atoms with van der Waals surface area (Å²) in [7, 11) is 0. The predicted octanol–water partition coefficient (Wildman–Crippen LogP) is 8.17. The van der Waals surface area contributed by atoms with Gasteiger partial charge in [0.15, 0.2) is 5.58 Å². The van der Waals surface area contributed by atoms with Gasteiger partial charge >= 0.3 is 0 Å². The number of nitrogens with zero attached hydrogens (tertiary/aromatic N) is 3. The molecule has 5 aromatic carbocycles. The third kappa shape index (κ3) is 3.31. The number of hydrogen-bond donors (Lipinski definition) is 0. The second-order valence-corrected chi connectivity index (χ2v) is 8.87. The fraction of sp³-hybridized carbons (Fsp3) is 0. The third-order valence-electron chi connectivity index (χ3n) is 6.73. The Balaban J connectivity index is 1.58. The standard InChI is InChI=1S/C31H19N3O3/c35-34(36)27-14-8-7-13-23(27)21-15-16-24-25-17-18-26-30(37-31(32-26)20-9-3-1-4-10-20)29(25)33(28(24)19-21)22-11-5-2-6-12-22/h1-19H. The van der Waals surface area contributed by atoms with Gasteiger partial charge in [-0.2, -0.15) is 0 Å². The number of aromatic nitrogens is 2. The summed E-state index contributed by atoms with van der Waals surface area (Å²) >= 11 is 0. The number of nitro benzene ring substituents is 1. The van der Waals surface area contributed by atoms with Gasteiger partial charge in [-0.3, -0.25) is 10.1 Å². The number of para-hydroxylation sites is 2. The highest BCUT2D eigenvalue weighted by atomic mass is 16.6. The molecule has 0 aliphatic rings. The molecule has 6 heteroatoms. The summed E-state index contributed by atoms with van der Waals surface area (Å²) in [5.74, 6) is 0.563. The average Bonchev–Trinajstić information content (AvgIpc) is 3.53. The number of hydrogen-bond acceptors (Lipinski definition) is 4. The Kier molecular flexibility index (Phi) is 4.66. The molecule has 0 aliphatic carbocycles. The largest absolute Gasteiger partial charge is 0.434 e. The monoisotopic (exact) mass is 481 g/mol. The second-order valence-electron chi connectivity index (χ2n) is 8.87. The minimum absolute atomic E-state index is 0.0781. The molecule has 7 aromatic rings. The van der Waals surface area contributed by atoms with Crippen LogP contribution in [0.1, 0.15) is 0 Å². The lowest BCUT2D eigenvalue weighted by Crippen LogP contribution is -1.95. The van der Waals surface area contributed by atoms with Crippen LogP contribution >= 0.6 is 0 Å². The van der Waals surface area contributed by atoms with Crippen LogP contribution in [0.3, 0.4) is 0 Å². The van der Waals surface area contributed by atoms with Crippen LogP contribution in [-0.4, -0.2) is 14.5 Å². The minimum atomic E-state index is -0.338. The lowest BCUT2D eigenvalue weighted by atomic mass is 10.0. The van der Waals surface area contributed by atoms with Crippen molar-refractivity contribution in [2.45, 2.75) is 0 Å². The Morgan fingerprint density at radius 3 is 2.22 bits per heavy atom. The molecule has 0 spiro atoms. The summed E-state index contributed by atoms with van der Waals surface area (Å²) in [6, 6.07) is 36.8. The SMILES string of the molecule is O=[N+]([O-])c1ccccc1-c1ccc2c3ccc4nc(-c5ccccc5)oc4c3n(-c3ccccc3)c2c1. The summed E-state index contributed by atoms with van der Waals surface area (Å²) in [6.07, 6.45) is 0. The first kappa shape index (κ1) is 21.1. The molecule has 37 heavy (non-hydrogen) atoms. The lowest BCUT2D eigenvalue weighted by Gasteiger charge is -2.09. The molecule has 0 amide bonds. The van der Waals surface area contributed by atoms with E-state index in [0.29, 0.717) is 17.0 Å². The molecule has 0 fully saturated rings. The van der Waals surface area contributed by atoms with Gasteiger partial charge in [0.2, 0.25) is 5.89 Å². The van der Waals surface area contributed by atoms with E-state index in [1.54, 1.807) is 12.1 Å². The van der Waals surface area contributed by atoms with Gasteiger partial charge in [-0.05, 0) is 54.1 Å². The van der Waals surface area contributed by atoms with Crippen molar-refractivity contribution in [1.82, 2.24) is 9.55 Å². The van der Waals surface area contributed by atoms with Crippen molar-refractivity contribution >= 4 is 38.6 Å². The van der Waals surface area contributed by atoms with Crippen molar-refractivity contribution in [2.24, 2.45) is 0 Å². The first-order valence-electron chi connectivity index (χ1n) is 11.9. The maximum absolute atomic E-state index is 11.7. The van der Waals surface area contributed by atoms with Crippen LogP contribution in [0.15, 0.2) is 120 Å². The molecule has 0 atom stereocenters. The molecular formula is C31H19N3O3. The molecule has 0 radical (unpaired) electrons. The van der Waals surface area contributed by atoms with Crippen LogP contribution in [0.4, 0.5) is 5.69 Å². The highest BCUT2D eigenvalue weighted by Gasteiger charge is 2.21. The molecule has 0 aliphatic heterocycles. The van der Waals surface area contributed by atoms with E-state index in [-0.39, 0.29) is 10.6 Å². The summed E-state index contributed by atoms with van der Waals surface area (Å²) in [5, 5.41) is 13.8. The van der Waals surface area contributed by atoms with Gasteiger partial charge in [0.25, 0.3) is 5.69 Å². The smallest absolute Gasteiger partial charge is 0.277 e. The number of rotatable bonds is 4. The minimum Gasteiger partial charge on any atom is -0.434 e. The fourth-order valence-corrected chi connectivity index (χ4v) is 5.08. The van der Waals surface area contributed by atoms with Crippen molar-refractivity contribution < 1.29 is 9.34 Å². The lowest BCUT2D eigenvalue weighted by molar-refractivity contribution is -0.384. The van der Waals surface area contributed by atoms with Crippen LogP contribution in [0.5, 0.6) is 0 Å². The maximum atomic E-state index is 11.7. The number of fused-ring (bicyclic) bond motifs is 5. The topological polar surface area (TPSA) is 74.1 Å². The van der Waals surface area contributed by atoms with Gasteiger partial charge in [-0.1, -0.05) is 60.7 Å². The van der Waals surface area contributed by atoms with Gasteiger partial charge in [-0.15, -0.1) is 0 Å². The Labute approximate surface area is 211 Å². The Morgan fingerprint density at radius 2 is 1.43 bits per heavy atom. The fourth-order valence-electron chi connectivity index (χ4n) is 5.08. The zero-order chi connectivity index (χ0) is 24.9. The van der Waals surface area contributed by atoms with Crippen molar-refractivity contribution in [1.29, 1.82) is 0 Å². The molecule has 2 heterocycles. The van der Waals surface area contributed by atoms with E-state index in [0.717, 1.165) is 44.1 Å². The van der Waals surface area contributed by atoms with E-state index in [9.17, 15) is 10.1 Å². The van der Waals surface area contributed by atoms with Gasteiger partial charge in [0.1, 0.15) is 5.52 Å². The summed E-state index contributed by atoms with van der Waals surface area (Å²) in [5.41, 5.74) is 6.62. The van der Waals surface area contributed by atoms with Crippen LogP contribution in [-0.2, 0) is 0 Å². The molecule has 2 aromatic heterocycles. The van der Waals surface area contributed by atoms with E-state index >= 15 is 0 Å². The zero-order valence-electron chi connectivity index (χ0n) is 19.5. The Bertz CT molecular complexity index is 1950. The first-order chi connectivity index (χ1) is 18.2. The van der Waals surface area contributed by atoms with Gasteiger partial charge in [-0.25, -0.2) is 4.98 Å². The molecule has 0 saturated heterocycles. The molecule has 0 saturated carbocycles. The third-order valence-corrected chi connectivity index (χ3v) is 6.73. The van der Waals surface area contributed by atoms with Crippen LogP contribution in [0, 0.1) is 10.1 Å². The van der Waals surface area contributed by atoms with E-state index in [1.807, 2.05) is 91.0 Å². The number of benzene rings is 5. The highest BCUT2D eigenvalue weighted by molar-refractivity contribution is 6.17. The van der Waals surface area contributed by atoms with Gasteiger partial charge in [0, 0.05) is 28.1 Å². The highest BCUT2D eigenvalue weighted by Crippen LogP contribution is 2.40. The van der Waals surface area contributed by atoms with Crippen LogP contribution in [0.2, 0.25) is 0 Å². The maximum Gasteiger partial charge on any atom is 0.277 e. The van der Waals surface area contributed by atoms with Gasteiger partial charge < -0.3 is 8.98 Å². The molecule has 176 valence electrons. The summed E-state index contributed by atoms with van der Waals surface area (Å²) in [6.45, 7) is 0. The van der Waals surface area contributed by atoms with E-state index in [4.69, 9.17) is 9.40 Å². The van der Waals surface area contributed by atoms with E-state index in [2.05, 4.69) is 10.6 Å². The Hall–Kier alpha value is -5.23. The zero-order valence-corrected chi connectivity index (χ0v) is 19.5. The van der Waals surface area contributed by atoms with E-state index in [1.165, 1.54) is 6.07 Å². The van der Waals surface area contributed by atoms with E-state index < -0.39 is 0 Å². The second kappa shape index (κ2) is 8.17.